The van der Waals surface area contributed by atoms with Gasteiger partial charge in [0.2, 0.25) is 0 Å². The Morgan fingerprint density at radius 1 is 1.24 bits per heavy atom. The molecule has 25 heavy (non-hydrogen) atoms. The molecule has 3 aromatic rings. The van der Waals surface area contributed by atoms with Gasteiger partial charge in [0.1, 0.15) is 5.56 Å². The van der Waals surface area contributed by atoms with Crippen LogP contribution in [0.25, 0.3) is 0 Å². The highest BCUT2D eigenvalue weighted by Gasteiger charge is 2.14. The summed E-state index contributed by atoms with van der Waals surface area (Å²) in [6.45, 7) is 4.18. The highest BCUT2D eigenvalue weighted by molar-refractivity contribution is 7.15. The number of carbonyl (C=O) groups is 1. The van der Waals surface area contributed by atoms with E-state index < -0.39 is 5.91 Å². The van der Waals surface area contributed by atoms with Gasteiger partial charge >= 0.3 is 0 Å². The van der Waals surface area contributed by atoms with Crippen molar-refractivity contribution < 1.29 is 4.79 Å². The molecular formula is C18H16ClN3O2S. The molecule has 1 amide bonds. The Bertz CT molecular complexity index is 957. The predicted octanol–water partition coefficient (Wildman–Crippen LogP) is 3.88. The first-order valence-corrected chi connectivity index (χ1v) is 8.83. The van der Waals surface area contributed by atoms with E-state index in [4.69, 9.17) is 11.6 Å². The first-order chi connectivity index (χ1) is 11.9. The fraction of sp³-hybridized carbons (Fsp3) is 0.167. The molecule has 0 saturated carbocycles. The molecule has 0 spiro atoms. The van der Waals surface area contributed by atoms with Crippen LogP contribution in [0.1, 0.15) is 26.5 Å². The first kappa shape index (κ1) is 17.4. The molecule has 0 aliphatic carbocycles. The maximum atomic E-state index is 12.6. The van der Waals surface area contributed by atoms with Gasteiger partial charge in [0, 0.05) is 16.1 Å². The van der Waals surface area contributed by atoms with Gasteiger partial charge in [-0.2, -0.15) is 0 Å². The lowest BCUT2D eigenvalue weighted by Gasteiger charge is -2.08. The van der Waals surface area contributed by atoms with E-state index in [2.05, 4.69) is 10.3 Å². The van der Waals surface area contributed by atoms with Crippen LogP contribution in [-0.2, 0) is 6.54 Å². The number of amides is 1. The van der Waals surface area contributed by atoms with Gasteiger partial charge in [0.25, 0.3) is 11.5 Å². The Morgan fingerprint density at radius 2 is 1.96 bits per heavy atom. The number of benzene rings is 1. The number of pyridine rings is 1. The highest BCUT2D eigenvalue weighted by atomic mass is 35.5. The average molecular weight is 374 g/mol. The number of nitrogens with zero attached hydrogens (tertiary/aromatic N) is 2. The minimum Gasteiger partial charge on any atom is -0.310 e. The molecule has 5 nitrogen and oxygen atoms in total. The van der Waals surface area contributed by atoms with Crippen LogP contribution in [0.3, 0.4) is 0 Å². The van der Waals surface area contributed by atoms with E-state index in [0.717, 1.165) is 16.1 Å². The molecule has 2 aromatic heterocycles. The second kappa shape index (κ2) is 7.21. The lowest BCUT2D eigenvalue weighted by Crippen LogP contribution is -2.29. The molecule has 0 unspecified atom stereocenters. The monoisotopic (exact) mass is 373 g/mol. The third kappa shape index (κ3) is 3.97. The predicted molar refractivity (Wildman–Crippen MR) is 101 cm³/mol. The molecule has 7 heteroatoms. The van der Waals surface area contributed by atoms with Crippen LogP contribution in [0.5, 0.6) is 0 Å². The normalized spacial score (nSPS) is 10.7. The lowest BCUT2D eigenvalue weighted by molar-refractivity contribution is 0.102. The smallest absolute Gasteiger partial charge is 0.263 e. The van der Waals surface area contributed by atoms with Gasteiger partial charge < -0.3 is 4.57 Å². The van der Waals surface area contributed by atoms with Crippen molar-refractivity contribution in [2.75, 3.05) is 5.32 Å². The van der Waals surface area contributed by atoms with Crippen molar-refractivity contribution in [1.29, 1.82) is 0 Å². The Morgan fingerprint density at radius 3 is 2.60 bits per heavy atom. The Labute approximate surface area is 153 Å². The van der Waals surface area contributed by atoms with Crippen LogP contribution >= 0.6 is 22.9 Å². The van der Waals surface area contributed by atoms with E-state index in [1.54, 1.807) is 24.4 Å². The van der Waals surface area contributed by atoms with Gasteiger partial charge in [-0.15, -0.1) is 11.3 Å². The largest absolute Gasteiger partial charge is 0.310 e. The molecule has 128 valence electrons. The third-order valence-corrected chi connectivity index (χ3v) is 5.02. The molecule has 3 rings (SSSR count). The Balaban J connectivity index is 1.83. The summed E-state index contributed by atoms with van der Waals surface area (Å²) in [5, 5.41) is 3.83. The summed E-state index contributed by atoms with van der Waals surface area (Å²) >= 11 is 7.26. The fourth-order valence-electron chi connectivity index (χ4n) is 2.31. The van der Waals surface area contributed by atoms with Gasteiger partial charge in [-0.3, -0.25) is 14.9 Å². The molecular weight excluding hydrogens is 358 g/mol. The Kier molecular flexibility index (Phi) is 5.01. The van der Waals surface area contributed by atoms with Crippen LogP contribution in [0.2, 0.25) is 5.02 Å². The van der Waals surface area contributed by atoms with Gasteiger partial charge in [-0.05, 0) is 43.7 Å². The number of rotatable bonds is 4. The maximum Gasteiger partial charge on any atom is 0.263 e. The number of thiazole rings is 1. The minimum atomic E-state index is -0.454. The zero-order chi connectivity index (χ0) is 18.0. The van der Waals surface area contributed by atoms with E-state index in [-0.39, 0.29) is 11.1 Å². The summed E-state index contributed by atoms with van der Waals surface area (Å²) in [7, 11) is 0. The lowest BCUT2D eigenvalue weighted by atomic mass is 10.2. The van der Waals surface area contributed by atoms with E-state index in [1.165, 1.54) is 22.0 Å². The molecule has 0 atom stereocenters. The van der Waals surface area contributed by atoms with E-state index in [1.807, 2.05) is 26.0 Å². The molecule has 0 radical (unpaired) electrons. The second-order valence-electron chi connectivity index (χ2n) is 5.60. The van der Waals surface area contributed by atoms with Crippen LogP contribution in [0, 0.1) is 13.8 Å². The van der Waals surface area contributed by atoms with Gasteiger partial charge in [0.05, 0.1) is 12.2 Å². The minimum absolute atomic E-state index is 0.0852. The summed E-state index contributed by atoms with van der Waals surface area (Å²) in [4.78, 5) is 30.3. The van der Waals surface area contributed by atoms with Crippen molar-refractivity contribution in [2.24, 2.45) is 0 Å². The molecule has 2 heterocycles. The van der Waals surface area contributed by atoms with E-state index >= 15 is 0 Å². The van der Waals surface area contributed by atoms with Gasteiger partial charge in [-0.25, -0.2) is 4.98 Å². The summed E-state index contributed by atoms with van der Waals surface area (Å²) in [6.07, 6.45) is 1.66. The first-order valence-electron chi connectivity index (χ1n) is 7.63. The van der Waals surface area contributed by atoms with Crippen molar-refractivity contribution in [3.63, 3.8) is 0 Å². The molecule has 0 bridgehead atoms. The zero-order valence-electron chi connectivity index (χ0n) is 13.7. The summed E-state index contributed by atoms with van der Waals surface area (Å²) in [5.74, 6) is -0.454. The van der Waals surface area contributed by atoms with Crippen LogP contribution in [-0.4, -0.2) is 15.5 Å². The third-order valence-electron chi connectivity index (χ3n) is 3.78. The maximum absolute atomic E-state index is 12.6. The molecule has 1 N–H and O–H groups in total. The molecule has 0 saturated heterocycles. The summed E-state index contributed by atoms with van der Waals surface area (Å²) in [5.41, 5.74) is 1.53. The average Bonchev–Trinajstić information content (AvgIpc) is 2.89. The van der Waals surface area contributed by atoms with Crippen molar-refractivity contribution >= 4 is 34.0 Å². The van der Waals surface area contributed by atoms with Crippen LogP contribution < -0.4 is 10.9 Å². The topological polar surface area (TPSA) is 64.0 Å². The number of halogens is 1. The van der Waals surface area contributed by atoms with Gasteiger partial charge in [-0.1, -0.05) is 23.7 Å². The summed E-state index contributed by atoms with van der Waals surface area (Å²) < 4.78 is 1.50. The standard InChI is InChI=1S/C18H16ClN3O2S/c1-11-12(2)25-18(20-11)21-16(23)15-4-3-9-22(17(15)24)10-13-5-7-14(19)8-6-13/h3-9H,10H2,1-2H3,(H,20,21,23). The van der Waals surface area contributed by atoms with Crippen LogP contribution in [0.15, 0.2) is 47.4 Å². The SMILES string of the molecule is Cc1nc(NC(=O)c2cccn(Cc3ccc(Cl)cc3)c2=O)sc1C. The number of aromatic nitrogens is 2. The summed E-state index contributed by atoms with van der Waals surface area (Å²) in [6, 6.07) is 10.4. The van der Waals surface area contributed by atoms with Crippen molar-refractivity contribution in [1.82, 2.24) is 9.55 Å². The van der Waals surface area contributed by atoms with E-state index in [9.17, 15) is 9.59 Å². The molecule has 0 aliphatic rings. The zero-order valence-corrected chi connectivity index (χ0v) is 15.3. The Hall–Kier alpha value is -2.44. The van der Waals surface area contributed by atoms with E-state index in [0.29, 0.717) is 16.7 Å². The molecule has 1 aromatic carbocycles. The van der Waals surface area contributed by atoms with Gasteiger partial charge in [0.15, 0.2) is 5.13 Å². The fourth-order valence-corrected chi connectivity index (χ4v) is 3.25. The second-order valence-corrected chi connectivity index (χ2v) is 7.24. The number of hydrogen-bond donors (Lipinski definition) is 1. The van der Waals surface area contributed by atoms with Crippen molar-refractivity contribution in [3.05, 3.63) is 79.7 Å². The van der Waals surface area contributed by atoms with Crippen LogP contribution in [0.4, 0.5) is 5.13 Å². The number of anilines is 1. The number of aryl methyl sites for hydroxylation is 2. The highest BCUT2D eigenvalue weighted by Crippen LogP contribution is 2.21. The number of nitrogens with one attached hydrogen (secondary N) is 1. The molecule has 0 fully saturated rings. The molecule has 0 aliphatic heterocycles. The van der Waals surface area contributed by atoms with Crippen molar-refractivity contribution in [2.45, 2.75) is 20.4 Å². The number of hydrogen-bond acceptors (Lipinski definition) is 4. The van der Waals surface area contributed by atoms with Crippen molar-refractivity contribution in [3.8, 4) is 0 Å². The number of carbonyl (C=O) groups excluding carboxylic acids is 1. The quantitative estimate of drug-likeness (QED) is 0.754.